The molecule has 3 rings (SSSR count). The Bertz CT molecular complexity index is 1060. The van der Waals surface area contributed by atoms with Gasteiger partial charge < -0.3 is 20.1 Å². The summed E-state index contributed by atoms with van der Waals surface area (Å²) in [4.78, 5) is 57.9. The summed E-state index contributed by atoms with van der Waals surface area (Å²) in [6.45, 7) is -0.359. The Morgan fingerprint density at radius 2 is 1.76 bits per heavy atom. The number of ketones is 1. The number of non-ortho nitro benzene ring substituents is 1. The number of carbonyl (C=O) groups excluding carboxylic acids is 4. The standard InChI is InChI=1S/C23H23N3O8/c27-17(12-21(29)34-13-15-6-8-16(9-7-15)26(31)32)10-11-19-22(23(30)24-19)25-20(28)14-33-18-4-2-1-3-5-18/h1-9,19,22H,10-14H2,(H,24,30)(H,25,28)/t19-,22+/m1/s1. The van der Waals surface area contributed by atoms with E-state index in [0.717, 1.165) is 0 Å². The number of hydrogen-bond donors (Lipinski definition) is 2. The van der Waals surface area contributed by atoms with Crippen LogP contribution in [-0.4, -0.2) is 47.2 Å². The average molecular weight is 469 g/mol. The molecule has 2 aromatic rings. The summed E-state index contributed by atoms with van der Waals surface area (Å²) in [5.41, 5.74) is 0.477. The lowest BCUT2D eigenvalue weighted by molar-refractivity contribution is -0.384. The quantitative estimate of drug-likeness (QED) is 0.156. The molecule has 11 heteroatoms. The second-order valence-electron chi connectivity index (χ2n) is 7.60. The van der Waals surface area contributed by atoms with Crippen molar-refractivity contribution >= 4 is 29.3 Å². The van der Waals surface area contributed by atoms with E-state index >= 15 is 0 Å². The molecule has 1 heterocycles. The van der Waals surface area contributed by atoms with E-state index in [2.05, 4.69) is 10.6 Å². The van der Waals surface area contributed by atoms with E-state index in [4.69, 9.17) is 9.47 Å². The van der Waals surface area contributed by atoms with Crippen LogP contribution in [0, 0.1) is 10.1 Å². The van der Waals surface area contributed by atoms with Gasteiger partial charge in [0.25, 0.3) is 11.6 Å². The highest BCUT2D eigenvalue weighted by Crippen LogP contribution is 2.15. The molecule has 178 valence electrons. The maximum atomic E-state index is 12.1. The zero-order valence-electron chi connectivity index (χ0n) is 18.1. The highest BCUT2D eigenvalue weighted by Gasteiger charge is 2.40. The number of amides is 2. The van der Waals surface area contributed by atoms with Crippen molar-refractivity contribution in [3.8, 4) is 5.75 Å². The van der Waals surface area contributed by atoms with Crippen molar-refractivity contribution in [3.63, 3.8) is 0 Å². The van der Waals surface area contributed by atoms with Crippen molar-refractivity contribution < 1.29 is 33.6 Å². The fourth-order valence-corrected chi connectivity index (χ4v) is 3.22. The predicted molar refractivity (Wildman–Crippen MR) is 118 cm³/mol. The lowest BCUT2D eigenvalue weighted by Crippen LogP contribution is -2.69. The second kappa shape index (κ2) is 11.5. The number of nitrogens with one attached hydrogen (secondary N) is 2. The number of nitro benzene ring substituents is 1. The molecule has 1 aliphatic rings. The second-order valence-corrected chi connectivity index (χ2v) is 7.60. The Kier molecular flexibility index (Phi) is 8.27. The van der Waals surface area contributed by atoms with Crippen LogP contribution in [0.1, 0.15) is 24.8 Å². The van der Waals surface area contributed by atoms with Crippen molar-refractivity contribution in [2.24, 2.45) is 0 Å². The molecule has 1 saturated heterocycles. The first-order valence-electron chi connectivity index (χ1n) is 10.5. The van der Waals surface area contributed by atoms with Gasteiger partial charge in [0.1, 0.15) is 30.6 Å². The molecular weight excluding hydrogens is 446 g/mol. The van der Waals surface area contributed by atoms with Crippen molar-refractivity contribution in [1.82, 2.24) is 10.6 Å². The van der Waals surface area contributed by atoms with Gasteiger partial charge >= 0.3 is 5.97 Å². The zero-order valence-corrected chi connectivity index (χ0v) is 18.1. The fourth-order valence-electron chi connectivity index (χ4n) is 3.22. The van der Waals surface area contributed by atoms with Crippen LogP contribution in [0.5, 0.6) is 5.75 Å². The molecule has 0 spiro atoms. The van der Waals surface area contributed by atoms with Crippen LogP contribution in [0.3, 0.4) is 0 Å². The van der Waals surface area contributed by atoms with Crippen molar-refractivity contribution in [1.29, 1.82) is 0 Å². The molecule has 0 aromatic heterocycles. The van der Waals surface area contributed by atoms with Gasteiger partial charge in [0, 0.05) is 18.6 Å². The van der Waals surface area contributed by atoms with Crippen LogP contribution in [0.15, 0.2) is 54.6 Å². The van der Waals surface area contributed by atoms with Crippen LogP contribution in [0.4, 0.5) is 5.69 Å². The maximum absolute atomic E-state index is 12.1. The van der Waals surface area contributed by atoms with Crippen LogP contribution in [-0.2, 0) is 30.5 Å². The minimum Gasteiger partial charge on any atom is -0.484 e. The number of nitrogens with zero attached hydrogens (tertiary/aromatic N) is 1. The molecule has 2 amide bonds. The third-order valence-electron chi connectivity index (χ3n) is 5.06. The molecule has 11 nitrogen and oxygen atoms in total. The molecule has 0 aliphatic carbocycles. The summed E-state index contributed by atoms with van der Waals surface area (Å²) in [6.07, 6.45) is -0.162. The number of ether oxygens (including phenoxy) is 2. The monoisotopic (exact) mass is 469 g/mol. The maximum Gasteiger partial charge on any atom is 0.313 e. The van der Waals surface area contributed by atoms with E-state index in [1.165, 1.54) is 24.3 Å². The Hall–Kier alpha value is -4.28. The predicted octanol–water partition coefficient (Wildman–Crippen LogP) is 1.44. The summed E-state index contributed by atoms with van der Waals surface area (Å²) in [5.74, 6) is -1.38. The van der Waals surface area contributed by atoms with E-state index in [1.54, 1.807) is 24.3 Å². The third-order valence-corrected chi connectivity index (χ3v) is 5.06. The number of esters is 1. The van der Waals surface area contributed by atoms with Gasteiger partial charge in [0.2, 0.25) is 5.91 Å². The van der Waals surface area contributed by atoms with Crippen molar-refractivity contribution in [3.05, 3.63) is 70.3 Å². The first-order valence-corrected chi connectivity index (χ1v) is 10.5. The number of carbonyl (C=O) groups is 4. The number of β-lactam (4-membered cyclic amide) rings is 1. The molecule has 1 aliphatic heterocycles. The van der Waals surface area contributed by atoms with Crippen molar-refractivity contribution in [2.75, 3.05) is 6.61 Å². The van der Waals surface area contributed by atoms with Gasteiger partial charge in [-0.3, -0.25) is 29.3 Å². The SMILES string of the molecule is O=C(CC[C@H]1NC(=O)[C@H]1NC(=O)COc1ccccc1)CC(=O)OCc1ccc([N+](=O)[O-])cc1. The topological polar surface area (TPSA) is 154 Å². The Morgan fingerprint density at radius 3 is 2.41 bits per heavy atom. The zero-order chi connectivity index (χ0) is 24.5. The van der Waals surface area contributed by atoms with Crippen LogP contribution < -0.4 is 15.4 Å². The Labute approximate surface area is 194 Å². The molecule has 2 atom stereocenters. The summed E-state index contributed by atoms with van der Waals surface area (Å²) in [5, 5.41) is 15.9. The van der Waals surface area contributed by atoms with E-state index in [1.807, 2.05) is 6.07 Å². The molecular formula is C23H23N3O8. The Balaban J connectivity index is 1.34. The summed E-state index contributed by atoms with van der Waals surface area (Å²) in [6, 6.07) is 13.1. The van der Waals surface area contributed by atoms with Crippen molar-refractivity contribution in [2.45, 2.75) is 38.0 Å². The molecule has 1 fully saturated rings. The molecule has 2 aromatic carbocycles. The first-order chi connectivity index (χ1) is 16.3. The van der Waals surface area contributed by atoms with E-state index < -0.39 is 35.3 Å². The van der Waals surface area contributed by atoms with Crippen LogP contribution in [0.2, 0.25) is 0 Å². The fraction of sp³-hybridized carbons (Fsp3) is 0.304. The molecule has 0 saturated carbocycles. The van der Waals surface area contributed by atoms with E-state index in [0.29, 0.717) is 11.3 Å². The molecule has 34 heavy (non-hydrogen) atoms. The number of para-hydroxylation sites is 1. The summed E-state index contributed by atoms with van der Waals surface area (Å²) < 4.78 is 10.4. The number of rotatable bonds is 12. The van der Waals surface area contributed by atoms with Crippen LogP contribution in [0.25, 0.3) is 0 Å². The van der Waals surface area contributed by atoms with Gasteiger partial charge in [0.05, 0.1) is 11.0 Å². The lowest BCUT2D eigenvalue weighted by Gasteiger charge is -2.37. The Morgan fingerprint density at radius 1 is 1.06 bits per heavy atom. The first kappa shape index (κ1) is 24.4. The number of benzene rings is 2. The molecule has 2 N–H and O–H groups in total. The summed E-state index contributed by atoms with van der Waals surface area (Å²) >= 11 is 0. The third kappa shape index (κ3) is 7.12. The number of Topliss-reactive ketones (excluding diaryl/α,β-unsaturated/α-hetero) is 1. The molecule has 0 bridgehead atoms. The minimum absolute atomic E-state index is 0.0183. The average Bonchev–Trinajstić information content (AvgIpc) is 2.83. The van der Waals surface area contributed by atoms with Gasteiger partial charge in [-0.2, -0.15) is 0 Å². The molecule has 0 radical (unpaired) electrons. The van der Waals surface area contributed by atoms with Gasteiger partial charge in [-0.1, -0.05) is 18.2 Å². The smallest absolute Gasteiger partial charge is 0.313 e. The summed E-state index contributed by atoms with van der Waals surface area (Å²) in [7, 11) is 0. The van der Waals surface area contributed by atoms with Crippen LogP contribution >= 0.6 is 0 Å². The van der Waals surface area contributed by atoms with Gasteiger partial charge in [-0.15, -0.1) is 0 Å². The van der Waals surface area contributed by atoms with Gasteiger partial charge in [-0.05, 0) is 36.2 Å². The van der Waals surface area contributed by atoms with Gasteiger partial charge in [-0.25, -0.2) is 0 Å². The highest BCUT2D eigenvalue weighted by molar-refractivity contribution is 5.96. The highest BCUT2D eigenvalue weighted by atomic mass is 16.6. The van der Waals surface area contributed by atoms with Gasteiger partial charge in [0.15, 0.2) is 6.61 Å². The largest absolute Gasteiger partial charge is 0.484 e. The van der Waals surface area contributed by atoms with E-state index in [9.17, 15) is 29.3 Å². The number of nitro groups is 1. The number of hydrogen-bond acceptors (Lipinski definition) is 8. The van der Waals surface area contributed by atoms with E-state index in [-0.39, 0.29) is 43.4 Å². The lowest BCUT2D eigenvalue weighted by atomic mass is 9.93. The molecule has 0 unspecified atom stereocenters. The normalized spacial score (nSPS) is 16.5. The minimum atomic E-state index is -0.770.